The summed E-state index contributed by atoms with van der Waals surface area (Å²) < 4.78 is 0. The second kappa shape index (κ2) is 9.19. The minimum Gasteiger partial charge on any atom is -0.383 e. The number of anilines is 1. The van der Waals surface area contributed by atoms with E-state index in [-0.39, 0.29) is 38.5 Å². The molecule has 0 fully saturated rings. The predicted octanol–water partition coefficient (Wildman–Crippen LogP) is 5.66. The molecule has 30 heavy (non-hydrogen) atoms. The minimum absolute atomic E-state index is 0.00606. The molecule has 0 saturated carbocycles. The summed E-state index contributed by atoms with van der Waals surface area (Å²) in [6.45, 7) is 1.94. The van der Waals surface area contributed by atoms with Gasteiger partial charge in [0.25, 0.3) is 0 Å². The number of Topliss-reactive ketones (excluding diaryl/α,β-unsaturated/α-hetero) is 1. The molecular formula is C22H14Cl2N4OS. The highest BCUT2D eigenvalue weighted by atomic mass is 35.5. The van der Waals surface area contributed by atoms with Crippen LogP contribution in [0.3, 0.4) is 0 Å². The van der Waals surface area contributed by atoms with E-state index >= 15 is 0 Å². The summed E-state index contributed by atoms with van der Waals surface area (Å²) in [4.78, 5) is 16.8. The molecule has 0 unspecified atom stereocenters. The van der Waals surface area contributed by atoms with Crippen molar-refractivity contribution in [1.82, 2.24) is 4.98 Å². The van der Waals surface area contributed by atoms with Gasteiger partial charge in [-0.2, -0.15) is 10.5 Å². The van der Waals surface area contributed by atoms with Crippen LogP contribution in [-0.2, 0) is 0 Å². The molecule has 0 radical (unpaired) electrons. The first-order chi connectivity index (χ1) is 14.3. The minimum atomic E-state index is -0.243. The number of hydrogen-bond donors (Lipinski definition) is 1. The number of benzene rings is 2. The van der Waals surface area contributed by atoms with E-state index in [4.69, 9.17) is 28.9 Å². The molecule has 1 aromatic heterocycles. The number of ketones is 1. The topological polar surface area (TPSA) is 104 Å². The number of thioether (sulfide) groups is 1. The summed E-state index contributed by atoms with van der Waals surface area (Å²) in [6.07, 6.45) is 0. The van der Waals surface area contributed by atoms with Crippen LogP contribution in [0, 0.1) is 29.6 Å². The standard InChI is InChI=1S/C22H14Cl2N4OS/c1-12-2-4-13(5-3-12)20-16(9-25)21(27)28-22(17(20)10-26)30-11-19(29)15-7-6-14(23)8-18(15)24/h2-8H,11H2,1H3,(H2,27,28). The fraction of sp³-hybridized carbons (Fsp3) is 0.0909. The van der Waals surface area contributed by atoms with Crippen molar-refractivity contribution in [1.29, 1.82) is 10.5 Å². The van der Waals surface area contributed by atoms with Crippen LogP contribution < -0.4 is 5.73 Å². The molecule has 2 aromatic carbocycles. The highest BCUT2D eigenvalue weighted by Gasteiger charge is 2.21. The summed E-state index contributed by atoms with van der Waals surface area (Å²) in [5.41, 5.74) is 8.79. The van der Waals surface area contributed by atoms with Crippen molar-refractivity contribution in [2.24, 2.45) is 0 Å². The molecule has 0 bridgehead atoms. The number of halogens is 2. The third kappa shape index (κ3) is 4.42. The van der Waals surface area contributed by atoms with Crippen molar-refractivity contribution in [3.05, 3.63) is 74.8 Å². The van der Waals surface area contributed by atoms with E-state index in [9.17, 15) is 15.3 Å². The van der Waals surface area contributed by atoms with Crippen molar-refractivity contribution in [2.45, 2.75) is 11.9 Å². The molecule has 8 heteroatoms. The predicted molar refractivity (Wildman–Crippen MR) is 120 cm³/mol. The van der Waals surface area contributed by atoms with Crippen LogP contribution in [0.5, 0.6) is 0 Å². The maximum atomic E-state index is 12.6. The molecular weight excluding hydrogens is 439 g/mol. The number of nitriles is 2. The van der Waals surface area contributed by atoms with Gasteiger partial charge < -0.3 is 5.73 Å². The maximum Gasteiger partial charge on any atom is 0.174 e. The Morgan fingerprint density at radius 3 is 2.37 bits per heavy atom. The summed E-state index contributed by atoms with van der Waals surface area (Å²) >= 11 is 13.1. The molecule has 0 saturated heterocycles. The van der Waals surface area contributed by atoms with Gasteiger partial charge in [0.1, 0.15) is 28.5 Å². The summed E-state index contributed by atoms with van der Waals surface area (Å²) in [6, 6.07) is 16.2. The normalized spacial score (nSPS) is 10.3. The fourth-order valence-electron chi connectivity index (χ4n) is 2.84. The van der Waals surface area contributed by atoms with Crippen LogP contribution in [-0.4, -0.2) is 16.5 Å². The van der Waals surface area contributed by atoms with E-state index in [0.717, 1.165) is 17.3 Å². The first-order valence-corrected chi connectivity index (χ1v) is 10.4. The van der Waals surface area contributed by atoms with Crippen LogP contribution in [0.25, 0.3) is 11.1 Å². The lowest BCUT2D eigenvalue weighted by molar-refractivity contribution is 0.102. The van der Waals surface area contributed by atoms with Gasteiger partial charge in [0.05, 0.1) is 16.3 Å². The Labute approximate surface area is 188 Å². The number of nitrogens with two attached hydrogens (primary N) is 1. The first kappa shape index (κ1) is 21.7. The Kier molecular flexibility index (Phi) is 6.64. The van der Waals surface area contributed by atoms with Crippen molar-refractivity contribution in [3.8, 4) is 23.3 Å². The van der Waals surface area contributed by atoms with Gasteiger partial charge >= 0.3 is 0 Å². The summed E-state index contributed by atoms with van der Waals surface area (Å²) in [7, 11) is 0. The third-order valence-electron chi connectivity index (χ3n) is 4.33. The SMILES string of the molecule is Cc1ccc(-c2c(C#N)c(N)nc(SCC(=O)c3ccc(Cl)cc3Cl)c2C#N)cc1. The van der Waals surface area contributed by atoms with Gasteiger partial charge in [0.2, 0.25) is 0 Å². The molecule has 3 aromatic rings. The number of aryl methyl sites for hydroxylation is 1. The average molecular weight is 453 g/mol. The van der Waals surface area contributed by atoms with Crippen LogP contribution in [0.4, 0.5) is 5.82 Å². The molecule has 0 aliphatic rings. The largest absolute Gasteiger partial charge is 0.383 e. The van der Waals surface area contributed by atoms with E-state index in [1.807, 2.05) is 37.3 Å². The number of hydrogen-bond acceptors (Lipinski definition) is 6. The van der Waals surface area contributed by atoms with Crippen LogP contribution in [0.15, 0.2) is 47.5 Å². The Morgan fingerprint density at radius 2 is 1.77 bits per heavy atom. The van der Waals surface area contributed by atoms with Gasteiger partial charge in [-0.3, -0.25) is 4.79 Å². The van der Waals surface area contributed by atoms with Gasteiger partial charge in [-0.05, 0) is 30.7 Å². The van der Waals surface area contributed by atoms with E-state index in [1.54, 1.807) is 12.1 Å². The van der Waals surface area contributed by atoms with Gasteiger partial charge in [-0.15, -0.1) is 0 Å². The van der Waals surface area contributed by atoms with E-state index < -0.39 is 0 Å². The number of nitrogen functional groups attached to an aromatic ring is 1. The Balaban J connectivity index is 2.01. The highest BCUT2D eigenvalue weighted by Crippen LogP contribution is 2.36. The van der Waals surface area contributed by atoms with Gasteiger partial charge in [0.15, 0.2) is 5.78 Å². The van der Waals surface area contributed by atoms with Crippen LogP contribution >= 0.6 is 35.0 Å². The highest BCUT2D eigenvalue weighted by molar-refractivity contribution is 8.00. The fourth-order valence-corrected chi connectivity index (χ4v) is 4.23. The number of aromatic nitrogens is 1. The Bertz CT molecular complexity index is 1230. The monoisotopic (exact) mass is 452 g/mol. The van der Waals surface area contributed by atoms with Gasteiger partial charge in [0, 0.05) is 16.1 Å². The van der Waals surface area contributed by atoms with Crippen molar-refractivity contribution >= 4 is 46.6 Å². The summed E-state index contributed by atoms with van der Waals surface area (Å²) in [5, 5.41) is 20.4. The van der Waals surface area contributed by atoms with Gasteiger partial charge in [-0.1, -0.05) is 64.8 Å². The second-order valence-electron chi connectivity index (χ2n) is 6.35. The third-order valence-corrected chi connectivity index (χ3v) is 5.85. The molecule has 1 heterocycles. The molecule has 148 valence electrons. The Morgan fingerprint density at radius 1 is 1.10 bits per heavy atom. The number of carbonyl (C=O) groups is 1. The lowest BCUT2D eigenvalue weighted by Crippen LogP contribution is -2.07. The number of rotatable bonds is 5. The lowest BCUT2D eigenvalue weighted by Gasteiger charge is -2.13. The molecule has 2 N–H and O–H groups in total. The lowest BCUT2D eigenvalue weighted by atomic mass is 9.96. The quantitative estimate of drug-likeness (QED) is 0.395. The summed E-state index contributed by atoms with van der Waals surface area (Å²) in [5.74, 6) is -0.249. The Hall–Kier alpha value is -3.03. The molecule has 3 rings (SSSR count). The number of carbonyl (C=O) groups excluding carboxylic acids is 1. The molecule has 0 amide bonds. The first-order valence-electron chi connectivity index (χ1n) is 8.67. The van der Waals surface area contributed by atoms with Gasteiger partial charge in [-0.25, -0.2) is 4.98 Å². The van der Waals surface area contributed by atoms with Crippen LogP contribution in [0.1, 0.15) is 27.0 Å². The molecule has 5 nitrogen and oxygen atoms in total. The van der Waals surface area contributed by atoms with E-state index in [1.165, 1.54) is 6.07 Å². The van der Waals surface area contributed by atoms with E-state index in [2.05, 4.69) is 11.1 Å². The molecule has 0 spiro atoms. The average Bonchev–Trinajstić information content (AvgIpc) is 2.72. The van der Waals surface area contributed by atoms with Crippen LogP contribution in [0.2, 0.25) is 10.0 Å². The van der Waals surface area contributed by atoms with E-state index in [0.29, 0.717) is 21.7 Å². The molecule has 0 atom stereocenters. The second-order valence-corrected chi connectivity index (χ2v) is 8.16. The van der Waals surface area contributed by atoms with Crippen molar-refractivity contribution in [3.63, 3.8) is 0 Å². The number of nitrogens with zero attached hydrogens (tertiary/aromatic N) is 3. The van der Waals surface area contributed by atoms with Crippen molar-refractivity contribution in [2.75, 3.05) is 11.5 Å². The molecule has 0 aliphatic heterocycles. The zero-order valence-electron chi connectivity index (χ0n) is 15.7. The van der Waals surface area contributed by atoms with Crippen molar-refractivity contribution < 1.29 is 4.79 Å². The maximum absolute atomic E-state index is 12.6. The molecule has 0 aliphatic carbocycles. The number of pyridine rings is 1. The zero-order chi connectivity index (χ0) is 21.8. The zero-order valence-corrected chi connectivity index (χ0v) is 18.1. The smallest absolute Gasteiger partial charge is 0.174 e.